The molecule has 150 valence electrons. The maximum absolute atomic E-state index is 13.5. The van der Waals surface area contributed by atoms with E-state index in [1.165, 1.54) is 35.7 Å². The normalized spacial score (nSPS) is 16.9. The molecule has 0 aliphatic carbocycles. The molecule has 1 amide bonds. The number of amides is 1. The highest BCUT2D eigenvalue weighted by Crippen LogP contribution is 2.48. The molecule has 0 fully saturated rings. The first-order valence-corrected chi connectivity index (χ1v) is 10.9. The van der Waals surface area contributed by atoms with E-state index in [0.717, 1.165) is 17.4 Å². The minimum Gasteiger partial charge on any atom is -0.324 e. The van der Waals surface area contributed by atoms with Crippen molar-refractivity contribution in [1.29, 1.82) is 0 Å². The first kappa shape index (κ1) is 19.7. The molecule has 1 atom stereocenters. The second-order valence-electron chi connectivity index (χ2n) is 6.55. The SMILES string of the molecule is O=C1CC(c2ccccc2C(F)(F)F)c2scc(S(=O)(=O)c3ccccc3)c2N1. The second kappa shape index (κ2) is 7.00. The van der Waals surface area contributed by atoms with Gasteiger partial charge in [-0.3, -0.25) is 4.79 Å². The minimum absolute atomic E-state index is 0.0402. The summed E-state index contributed by atoms with van der Waals surface area (Å²) in [5.74, 6) is -1.40. The number of carbonyl (C=O) groups excluding carboxylic acids is 1. The maximum atomic E-state index is 13.5. The lowest BCUT2D eigenvalue weighted by Gasteiger charge is -2.26. The molecule has 4 nitrogen and oxygen atoms in total. The Morgan fingerprint density at radius 1 is 1.00 bits per heavy atom. The number of anilines is 1. The predicted octanol–water partition coefficient (Wildman–Crippen LogP) is 5.07. The highest BCUT2D eigenvalue weighted by molar-refractivity contribution is 7.91. The summed E-state index contributed by atoms with van der Waals surface area (Å²) in [5.41, 5.74) is -0.801. The quantitative estimate of drug-likeness (QED) is 0.622. The molecule has 9 heteroatoms. The Hall–Kier alpha value is -2.65. The zero-order chi connectivity index (χ0) is 20.8. The lowest BCUT2D eigenvalue weighted by Crippen LogP contribution is -2.25. The first-order valence-electron chi connectivity index (χ1n) is 8.57. The van der Waals surface area contributed by atoms with Gasteiger partial charge in [0.25, 0.3) is 0 Å². The Kier molecular flexibility index (Phi) is 4.74. The fourth-order valence-corrected chi connectivity index (χ4v) is 6.36. The average molecular weight is 437 g/mol. The third-order valence-corrected chi connectivity index (χ3v) is 7.78. The molecular weight excluding hydrogens is 423 g/mol. The van der Waals surface area contributed by atoms with E-state index < -0.39 is 33.4 Å². The topological polar surface area (TPSA) is 63.2 Å². The molecule has 0 saturated carbocycles. The zero-order valence-electron chi connectivity index (χ0n) is 14.7. The van der Waals surface area contributed by atoms with E-state index in [9.17, 15) is 26.4 Å². The van der Waals surface area contributed by atoms with Crippen LogP contribution in [0.1, 0.15) is 28.3 Å². The van der Waals surface area contributed by atoms with Gasteiger partial charge in [-0.15, -0.1) is 11.3 Å². The van der Waals surface area contributed by atoms with Gasteiger partial charge in [-0.05, 0) is 23.8 Å². The lowest BCUT2D eigenvalue weighted by molar-refractivity contribution is -0.138. The number of nitrogens with one attached hydrogen (secondary N) is 1. The molecule has 2 aromatic carbocycles. The summed E-state index contributed by atoms with van der Waals surface area (Å²) >= 11 is 1.04. The zero-order valence-corrected chi connectivity index (χ0v) is 16.4. The van der Waals surface area contributed by atoms with Crippen LogP contribution in [-0.2, 0) is 20.8 Å². The second-order valence-corrected chi connectivity index (χ2v) is 9.37. The van der Waals surface area contributed by atoms with Crippen molar-refractivity contribution in [2.75, 3.05) is 5.32 Å². The number of halogens is 3. The fourth-order valence-electron chi connectivity index (χ4n) is 3.44. The number of carbonyl (C=O) groups is 1. The van der Waals surface area contributed by atoms with Gasteiger partial charge in [0, 0.05) is 22.6 Å². The first-order chi connectivity index (χ1) is 13.7. The summed E-state index contributed by atoms with van der Waals surface area (Å²) in [4.78, 5) is 12.6. The standard InChI is InChI=1S/C20H14F3NO3S2/c21-20(22,23)15-9-5-4-8-13(15)14-10-17(25)24-18-16(11-28-19(14)18)29(26,27)12-6-2-1-3-7-12/h1-9,11,14H,10H2,(H,24,25). The van der Waals surface area contributed by atoms with Crippen LogP contribution in [0.2, 0.25) is 0 Å². The van der Waals surface area contributed by atoms with Gasteiger partial charge >= 0.3 is 6.18 Å². The van der Waals surface area contributed by atoms with Crippen molar-refractivity contribution in [3.8, 4) is 0 Å². The summed E-state index contributed by atoms with van der Waals surface area (Å²) in [6.45, 7) is 0. The number of alkyl halides is 3. The highest BCUT2D eigenvalue weighted by atomic mass is 32.2. The van der Waals surface area contributed by atoms with Crippen LogP contribution in [0.3, 0.4) is 0 Å². The Morgan fingerprint density at radius 3 is 2.34 bits per heavy atom. The Labute approximate surface area is 168 Å². The monoisotopic (exact) mass is 437 g/mol. The minimum atomic E-state index is -4.58. The molecule has 29 heavy (non-hydrogen) atoms. The summed E-state index contributed by atoms with van der Waals surface area (Å²) < 4.78 is 66.5. The van der Waals surface area contributed by atoms with Gasteiger partial charge in [-0.1, -0.05) is 36.4 Å². The molecule has 0 bridgehead atoms. The van der Waals surface area contributed by atoms with Crippen LogP contribution in [0, 0.1) is 0 Å². The highest BCUT2D eigenvalue weighted by Gasteiger charge is 2.39. The smallest absolute Gasteiger partial charge is 0.324 e. The number of rotatable bonds is 3. The molecule has 1 aliphatic rings. The molecule has 4 rings (SSSR count). The van der Waals surface area contributed by atoms with Crippen LogP contribution >= 0.6 is 11.3 Å². The van der Waals surface area contributed by atoms with Crippen LogP contribution in [0.15, 0.2) is 69.8 Å². The Balaban J connectivity index is 1.87. The number of benzene rings is 2. The molecule has 0 saturated heterocycles. The third kappa shape index (κ3) is 3.44. The Morgan fingerprint density at radius 2 is 1.66 bits per heavy atom. The van der Waals surface area contributed by atoms with Gasteiger partial charge in [-0.25, -0.2) is 8.42 Å². The lowest BCUT2D eigenvalue weighted by atomic mass is 9.87. The third-order valence-electron chi connectivity index (χ3n) is 4.74. The number of fused-ring (bicyclic) bond motifs is 1. The molecule has 1 unspecified atom stereocenters. The van der Waals surface area contributed by atoms with E-state index in [2.05, 4.69) is 5.32 Å². The summed E-state index contributed by atoms with van der Waals surface area (Å²) in [6, 6.07) is 12.8. The van der Waals surface area contributed by atoms with Crippen molar-refractivity contribution >= 4 is 32.8 Å². The summed E-state index contributed by atoms with van der Waals surface area (Å²) in [5, 5.41) is 3.93. The van der Waals surface area contributed by atoms with Crippen LogP contribution in [0.4, 0.5) is 18.9 Å². The van der Waals surface area contributed by atoms with Crippen molar-refractivity contribution < 1.29 is 26.4 Å². The van der Waals surface area contributed by atoms with Crippen molar-refractivity contribution in [2.24, 2.45) is 0 Å². The number of hydrogen-bond acceptors (Lipinski definition) is 4. The van der Waals surface area contributed by atoms with Gasteiger partial charge in [0.1, 0.15) is 4.90 Å². The van der Waals surface area contributed by atoms with Crippen molar-refractivity contribution in [3.63, 3.8) is 0 Å². The number of sulfone groups is 1. The van der Waals surface area contributed by atoms with Gasteiger partial charge in [0.15, 0.2) is 0 Å². The Bertz CT molecular complexity index is 1190. The predicted molar refractivity (Wildman–Crippen MR) is 103 cm³/mol. The van der Waals surface area contributed by atoms with Gasteiger partial charge in [0.05, 0.1) is 16.1 Å². The summed E-state index contributed by atoms with van der Waals surface area (Å²) in [7, 11) is -3.93. The van der Waals surface area contributed by atoms with Crippen molar-refractivity contribution in [1.82, 2.24) is 0 Å². The van der Waals surface area contributed by atoms with Gasteiger partial charge in [0.2, 0.25) is 15.7 Å². The number of thiophene rings is 1. The van der Waals surface area contributed by atoms with E-state index in [4.69, 9.17) is 0 Å². The van der Waals surface area contributed by atoms with Crippen molar-refractivity contribution in [2.45, 2.75) is 28.3 Å². The van der Waals surface area contributed by atoms with Crippen molar-refractivity contribution in [3.05, 3.63) is 76.0 Å². The fraction of sp³-hybridized carbons (Fsp3) is 0.150. The maximum Gasteiger partial charge on any atom is 0.416 e. The molecule has 1 N–H and O–H groups in total. The van der Waals surface area contributed by atoms with Crippen LogP contribution in [-0.4, -0.2) is 14.3 Å². The summed E-state index contributed by atoms with van der Waals surface area (Å²) in [6.07, 6.45) is -4.77. The van der Waals surface area contributed by atoms with E-state index >= 15 is 0 Å². The van der Waals surface area contributed by atoms with E-state index in [-0.39, 0.29) is 27.5 Å². The van der Waals surface area contributed by atoms with Crippen LogP contribution in [0.25, 0.3) is 0 Å². The molecule has 0 spiro atoms. The molecule has 1 aliphatic heterocycles. The van der Waals surface area contributed by atoms with E-state index in [0.29, 0.717) is 4.88 Å². The van der Waals surface area contributed by atoms with Crippen LogP contribution in [0.5, 0.6) is 0 Å². The molecule has 2 heterocycles. The van der Waals surface area contributed by atoms with Crippen LogP contribution < -0.4 is 5.32 Å². The molecular formula is C20H14F3NO3S2. The molecule has 1 aromatic heterocycles. The van der Waals surface area contributed by atoms with E-state index in [1.807, 2.05) is 0 Å². The van der Waals surface area contributed by atoms with Gasteiger partial charge in [-0.2, -0.15) is 13.2 Å². The number of hydrogen-bond donors (Lipinski definition) is 1. The molecule has 0 radical (unpaired) electrons. The van der Waals surface area contributed by atoms with Gasteiger partial charge < -0.3 is 5.32 Å². The van der Waals surface area contributed by atoms with E-state index in [1.54, 1.807) is 18.2 Å². The largest absolute Gasteiger partial charge is 0.416 e. The average Bonchev–Trinajstić information content (AvgIpc) is 3.12. The molecule has 3 aromatic rings.